The highest BCUT2D eigenvalue weighted by Crippen LogP contribution is 2.31. The number of thiazole rings is 1. The number of β-amino-alcohol motifs (C(OH)–C–C–N with tert-alkyl or cyclic N) is 1. The van der Waals surface area contributed by atoms with Gasteiger partial charge in [0.2, 0.25) is 5.91 Å². The number of aliphatic hydroxyl groups excluding tert-OH is 1. The van der Waals surface area contributed by atoms with Crippen LogP contribution in [-0.4, -0.2) is 83.2 Å². The molecule has 1 aromatic heterocycles. The molecule has 2 aromatic carbocycles. The van der Waals surface area contributed by atoms with E-state index in [9.17, 15) is 14.7 Å². The molecule has 35 heavy (non-hydrogen) atoms. The average Bonchev–Trinajstić information content (AvgIpc) is 3.36. The summed E-state index contributed by atoms with van der Waals surface area (Å²) in [4.78, 5) is 35.6. The Hall–Kier alpha value is -2.56. The largest absolute Gasteiger partial charge is 0.491 e. The second-order valence-electron chi connectivity index (χ2n) is 8.90. The maximum atomic E-state index is 13.1. The molecule has 8 nitrogen and oxygen atoms in total. The van der Waals surface area contributed by atoms with E-state index in [-0.39, 0.29) is 24.8 Å². The number of rotatable bonds is 7. The fourth-order valence-corrected chi connectivity index (χ4v) is 5.73. The summed E-state index contributed by atoms with van der Waals surface area (Å²) < 4.78 is 6.91. The summed E-state index contributed by atoms with van der Waals surface area (Å²) in [7, 11) is 0. The first-order chi connectivity index (χ1) is 16.9. The summed E-state index contributed by atoms with van der Waals surface area (Å²) in [6.07, 6.45) is -0.483. The van der Waals surface area contributed by atoms with Gasteiger partial charge in [0.25, 0.3) is 5.91 Å². The lowest BCUT2D eigenvalue weighted by Crippen LogP contribution is -2.54. The highest BCUT2D eigenvalue weighted by Gasteiger charge is 2.43. The first-order valence-corrected chi connectivity index (χ1v) is 12.8. The maximum absolute atomic E-state index is 13.1. The number of amides is 2. The second kappa shape index (κ2) is 10.2. The highest BCUT2D eigenvalue weighted by molar-refractivity contribution is 7.18. The maximum Gasteiger partial charge on any atom is 0.251 e. The van der Waals surface area contributed by atoms with Gasteiger partial charge in [-0.05, 0) is 31.2 Å². The molecular weight excluding hydrogens is 488 g/mol. The lowest BCUT2D eigenvalue weighted by atomic mass is 10.1. The molecule has 2 saturated heterocycles. The van der Waals surface area contributed by atoms with Gasteiger partial charge >= 0.3 is 0 Å². The van der Waals surface area contributed by atoms with Crippen molar-refractivity contribution in [2.45, 2.75) is 25.5 Å². The van der Waals surface area contributed by atoms with Crippen molar-refractivity contribution in [2.75, 3.05) is 44.2 Å². The number of anilines is 1. The molecule has 0 spiro atoms. The van der Waals surface area contributed by atoms with Gasteiger partial charge in [-0.15, -0.1) is 11.3 Å². The van der Waals surface area contributed by atoms with Crippen LogP contribution in [0.4, 0.5) is 5.69 Å². The van der Waals surface area contributed by atoms with Crippen molar-refractivity contribution in [3.63, 3.8) is 0 Å². The topological polar surface area (TPSA) is 86.2 Å². The average molecular weight is 515 g/mol. The minimum absolute atomic E-state index is 0.156. The van der Waals surface area contributed by atoms with Crippen LogP contribution in [0.2, 0.25) is 5.02 Å². The molecule has 0 aliphatic carbocycles. The molecule has 0 saturated carbocycles. The molecule has 1 unspecified atom stereocenters. The van der Waals surface area contributed by atoms with Crippen molar-refractivity contribution in [3.8, 4) is 5.75 Å². The number of halogens is 1. The number of imide groups is 1. The summed E-state index contributed by atoms with van der Waals surface area (Å²) >= 11 is 7.87. The van der Waals surface area contributed by atoms with Gasteiger partial charge in [-0.3, -0.25) is 19.4 Å². The zero-order valence-electron chi connectivity index (χ0n) is 19.4. The van der Waals surface area contributed by atoms with E-state index in [1.807, 2.05) is 25.1 Å². The number of carbonyl (C=O) groups excluding carboxylic acids is 2. The summed E-state index contributed by atoms with van der Waals surface area (Å²) in [6, 6.07) is 12.2. The number of aliphatic hydroxyl groups is 1. The molecule has 3 heterocycles. The Labute approximate surface area is 212 Å². The Morgan fingerprint density at radius 3 is 2.71 bits per heavy atom. The molecule has 2 fully saturated rings. The Morgan fingerprint density at radius 2 is 1.94 bits per heavy atom. The van der Waals surface area contributed by atoms with E-state index in [0.29, 0.717) is 49.2 Å². The molecule has 10 heteroatoms. The van der Waals surface area contributed by atoms with Crippen LogP contribution in [0.25, 0.3) is 10.2 Å². The molecule has 184 valence electrons. The van der Waals surface area contributed by atoms with Crippen LogP contribution in [0.1, 0.15) is 11.4 Å². The summed E-state index contributed by atoms with van der Waals surface area (Å²) in [6.45, 7) is 5.34. The number of nitrogens with zero attached hydrogens (tertiary/aromatic N) is 4. The van der Waals surface area contributed by atoms with Crippen LogP contribution < -0.4 is 9.64 Å². The van der Waals surface area contributed by atoms with Crippen molar-refractivity contribution in [1.82, 2.24) is 14.8 Å². The van der Waals surface area contributed by atoms with Gasteiger partial charge < -0.3 is 9.84 Å². The van der Waals surface area contributed by atoms with Crippen LogP contribution in [0.5, 0.6) is 5.75 Å². The molecule has 2 aliphatic rings. The summed E-state index contributed by atoms with van der Waals surface area (Å²) in [5.41, 5.74) is 1.35. The van der Waals surface area contributed by atoms with Crippen molar-refractivity contribution < 1.29 is 19.4 Å². The monoisotopic (exact) mass is 514 g/mol. The quantitative estimate of drug-likeness (QED) is 0.485. The molecule has 2 amide bonds. The van der Waals surface area contributed by atoms with Crippen molar-refractivity contribution in [2.24, 2.45) is 0 Å². The van der Waals surface area contributed by atoms with Gasteiger partial charge in [0.05, 0.1) is 38.4 Å². The molecule has 5 rings (SSSR count). The second-order valence-corrected chi connectivity index (χ2v) is 10.5. The Bertz CT molecular complexity index is 1240. The molecule has 2 aliphatic heterocycles. The number of para-hydroxylation sites is 1. The van der Waals surface area contributed by atoms with E-state index in [1.54, 1.807) is 35.6 Å². The first-order valence-electron chi connectivity index (χ1n) is 11.6. The van der Waals surface area contributed by atoms with E-state index in [4.69, 9.17) is 16.3 Å². The van der Waals surface area contributed by atoms with Crippen LogP contribution in [0, 0.1) is 6.92 Å². The minimum atomic E-state index is -0.639. The van der Waals surface area contributed by atoms with Crippen molar-refractivity contribution in [1.29, 1.82) is 0 Å². The van der Waals surface area contributed by atoms with Crippen molar-refractivity contribution in [3.05, 3.63) is 52.5 Å². The molecule has 1 N–H and O–H groups in total. The fourth-order valence-electron chi connectivity index (χ4n) is 4.70. The minimum Gasteiger partial charge on any atom is -0.491 e. The van der Waals surface area contributed by atoms with Crippen LogP contribution in [0.15, 0.2) is 42.5 Å². The molecule has 3 aromatic rings. The predicted molar refractivity (Wildman–Crippen MR) is 136 cm³/mol. The summed E-state index contributed by atoms with van der Waals surface area (Å²) in [5, 5.41) is 11.9. The van der Waals surface area contributed by atoms with Gasteiger partial charge in [0.15, 0.2) is 0 Å². The molecule has 0 radical (unpaired) electrons. The lowest BCUT2D eigenvalue weighted by Gasteiger charge is -2.37. The number of aromatic nitrogens is 1. The number of piperazine rings is 1. The highest BCUT2D eigenvalue weighted by atomic mass is 35.5. The zero-order valence-corrected chi connectivity index (χ0v) is 21.0. The van der Waals surface area contributed by atoms with E-state index < -0.39 is 12.1 Å². The van der Waals surface area contributed by atoms with E-state index in [1.165, 1.54) is 4.90 Å². The molecule has 0 bridgehead atoms. The molecule has 2 atom stereocenters. The number of hydrogen-bond acceptors (Lipinski definition) is 8. The third kappa shape index (κ3) is 5.19. The normalized spacial score (nSPS) is 20.7. The van der Waals surface area contributed by atoms with Gasteiger partial charge in [-0.25, -0.2) is 9.88 Å². The number of aryl methyl sites for hydroxylation is 1. The Kier molecular flexibility index (Phi) is 7.04. The van der Waals surface area contributed by atoms with Crippen molar-refractivity contribution >= 4 is 50.7 Å². The SMILES string of the molecule is Cc1nc2cc(OC[C@H](O)CN3CCN(C4CC(=O)N(c5ccccc5Cl)C4=O)CC3)ccc2s1. The molecular formula is C25H27ClN4O4S. The van der Waals surface area contributed by atoms with Gasteiger partial charge in [0.1, 0.15) is 18.5 Å². The third-order valence-electron chi connectivity index (χ3n) is 6.44. The fraction of sp³-hybridized carbons (Fsp3) is 0.400. The van der Waals surface area contributed by atoms with Crippen LogP contribution in [0.3, 0.4) is 0 Å². The third-order valence-corrected chi connectivity index (χ3v) is 7.71. The van der Waals surface area contributed by atoms with E-state index in [2.05, 4.69) is 14.8 Å². The lowest BCUT2D eigenvalue weighted by molar-refractivity contribution is -0.123. The number of fused-ring (bicyclic) bond motifs is 1. The summed E-state index contributed by atoms with van der Waals surface area (Å²) in [5.74, 6) is 0.241. The first kappa shape index (κ1) is 24.1. The van der Waals surface area contributed by atoms with Gasteiger partial charge in [-0.2, -0.15) is 0 Å². The van der Waals surface area contributed by atoms with Gasteiger partial charge in [-0.1, -0.05) is 23.7 Å². The Balaban J connectivity index is 1.11. The van der Waals surface area contributed by atoms with Crippen LogP contribution in [-0.2, 0) is 9.59 Å². The smallest absolute Gasteiger partial charge is 0.251 e. The predicted octanol–water partition coefficient (Wildman–Crippen LogP) is 2.95. The number of hydrogen-bond donors (Lipinski definition) is 1. The number of benzene rings is 2. The van der Waals surface area contributed by atoms with Gasteiger partial charge in [0, 0.05) is 38.8 Å². The van der Waals surface area contributed by atoms with E-state index in [0.717, 1.165) is 15.2 Å². The zero-order chi connectivity index (χ0) is 24.5. The number of carbonyl (C=O) groups is 2. The standard InChI is InChI=1S/C25H27ClN4O4S/c1-16-27-20-12-18(6-7-23(20)35-16)34-15-17(31)14-28-8-10-29(11-9-28)22-13-24(32)30(25(22)33)21-5-3-2-4-19(21)26/h2-7,12,17,22,31H,8-11,13-15H2,1H3/t17-,22?/m1/s1. The number of ether oxygens (including phenoxy) is 1. The van der Waals surface area contributed by atoms with Crippen LogP contribution >= 0.6 is 22.9 Å². The van der Waals surface area contributed by atoms with E-state index >= 15 is 0 Å². The Morgan fingerprint density at radius 1 is 1.17 bits per heavy atom.